The largest absolute Gasteiger partial charge is 0.101 e. The van der Waals surface area contributed by atoms with Gasteiger partial charge in [0.15, 0.2) is 0 Å². The van der Waals surface area contributed by atoms with Gasteiger partial charge in [0.05, 0.1) is 0 Å². The molecular weight excluding hydrogens is 203 g/mol. The second-order valence-electron chi connectivity index (χ2n) is 5.86. The first-order valence-electron chi connectivity index (χ1n) is 8.31. The minimum Gasteiger partial charge on any atom is -0.0811 e. The summed E-state index contributed by atoms with van der Waals surface area (Å²) in [6.07, 6.45) is 18.9. The van der Waals surface area contributed by atoms with Crippen LogP contribution in [0.15, 0.2) is 0 Å². The third-order valence-electron chi connectivity index (χ3n) is 3.83. The fraction of sp³-hybridized carbons (Fsp3) is 1.00. The minimum absolute atomic E-state index is 0.967. The van der Waals surface area contributed by atoms with E-state index in [-0.39, 0.29) is 0 Å². The monoisotopic (exact) mass is 238 g/mol. The molecule has 0 radical (unpaired) electrons. The van der Waals surface area contributed by atoms with Crippen LogP contribution in [-0.2, 0) is 0 Å². The normalized spacial score (nSPS) is 12.8. The van der Waals surface area contributed by atoms with Crippen LogP contribution >= 0.6 is 0 Å². The SMILES string of the molecule is BCCCCCCCCCCCC(C)CCC. The summed E-state index contributed by atoms with van der Waals surface area (Å²) in [5.74, 6) is 0.967. The molecule has 1 heteroatoms. The van der Waals surface area contributed by atoms with Crippen molar-refractivity contribution >= 4 is 7.85 Å². The standard InChI is InChI=1S/C16H35B/c1-3-13-16(2)14-11-9-7-5-4-6-8-10-12-15-17/h16H,3-15,17H2,1-2H3. The Hall–Kier alpha value is 0.0649. The molecule has 0 N–H and O–H groups in total. The van der Waals surface area contributed by atoms with Crippen molar-refractivity contribution in [2.24, 2.45) is 5.92 Å². The highest BCUT2D eigenvalue weighted by atomic mass is 14.1. The number of unbranched alkanes of at least 4 members (excludes halogenated alkanes) is 8. The Kier molecular flexibility index (Phi) is 14.2. The number of hydrogen-bond acceptors (Lipinski definition) is 0. The van der Waals surface area contributed by atoms with Crippen LogP contribution in [0.3, 0.4) is 0 Å². The molecule has 0 aliphatic rings. The van der Waals surface area contributed by atoms with Gasteiger partial charge in [-0.1, -0.05) is 97.2 Å². The lowest BCUT2D eigenvalue weighted by Crippen LogP contribution is -1.93. The van der Waals surface area contributed by atoms with E-state index >= 15 is 0 Å². The second kappa shape index (κ2) is 14.1. The van der Waals surface area contributed by atoms with E-state index in [1.807, 2.05) is 0 Å². The van der Waals surface area contributed by atoms with Crippen LogP contribution in [0.2, 0.25) is 6.32 Å². The lowest BCUT2D eigenvalue weighted by molar-refractivity contribution is 0.450. The Balaban J connectivity index is 2.98. The Labute approximate surface area is 111 Å². The van der Waals surface area contributed by atoms with Crippen molar-refractivity contribution in [1.29, 1.82) is 0 Å². The van der Waals surface area contributed by atoms with Crippen molar-refractivity contribution < 1.29 is 0 Å². The first-order chi connectivity index (χ1) is 8.31. The Morgan fingerprint density at radius 1 is 0.706 bits per heavy atom. The molecule has 0 rings (SSSR count). The smallest absolute Gasteiger partial charge is 0.0811 e. The lowest BCUT2D eigenvalue weighted by Gasteiger charge is -2.09. The molecule has 0 amide bonds. The molecule has 0 fully saturated rings. The zero-order valence-electron chi connectivity index (χ0n) is 12.8. The topological polar surface area (TPSA) is 0 Å². The summed E-state index contributed by atoms with van der Waals surface area (Å²) in [4.78, 5) is 0. The van der Waals surface area contributed by atoms with Crippen molar-refractivity contribution in [1.82, 2.24) is 0 Å². The van der Waals surface area contributed by atoms with Gasteiger partial charge in [0.25, 0.3) is 0 Å². The van der Waals surface area contributed by atoms with E-state index in [2.05, 4.69) is 21.7 Å². The Morgan fingerprint density at radius 2 is 1.18 bits per heavy atom. The molecule has 0 aliphatic carbocycles. The zero-order chi connectivity index (χ0) is 12.8. The van der Waals surface area contributed by atoms with Crippen molar-refractivity contribution in [2.45, 2.75) is 97.2 Å². The van der Waals surface area contributed by atoms with E-state index in [1.54, 1.807) is 0 Å². The quantitative estimate of drug-likeness (QED) is 0.298. The van der Waals surface area contributed by atoms with Crippen LogP contribution in [0.25, 0.3) is 0 Å². The molecule has 0 nitrogen and oxygen atoms in total. The molecule has 0 saturated carbocycles. The molecule has 102 valence electrons. The zero-order valence-corrected chi connectivity index (χ0v) is 12.8. The van der Waals surface area contributed by atoms with Crippen molar-refractivity contribution in [3.63, 3.8) is 0 Å². The van der Waals surface area contributed by atoms with Crippen molar-refractivity contribution in [3.05, 3.63) is 0 Å². The van der Waals surface area contributed by atoms with Gasteiger partial charge >= 0.3 is 0 Å². The molecule has 0 aliphatic heterocycles. The highest BCUT2D eigenvalue weighted by Crippen LogP contribution is 2.16. The predicted octanol–water partition coefficient (Wildman–Crippen LogP) is 5.38. The maximum Gasteiger partial charge on any atom is 0.101 e. The van der Waals surface area contributed by atoms with Crippen molar-refractivity contribution in [3.8, 4) is 0 Å². The van der Waals surface area contributed by atoms with Gasteiger partial charge in [-0.2, -0.15) is 0 Å². The summed E-state index contributed by atoms with van der Waals surface area (Å²) < 4.78 is 0. The third kappa shape index (κ3) is 14.0. The fourth-order valence-electron chi connectivity index (χ4n) is 2.62. The highest BCUT2D eigenvalue weighted by Gasteiger charge is 1.99. The summed E-state index contributed by atoms with van der Waals surface area (Å²) in [5.41, 5.74) is 0. The second-order valence-corrected chi connectivity index (χ2v) is 5.86. The van der Waals surface area contributed by atoms with E-state index in [9.17, 15) is 0 Å². The number of rotatable bonds is 13. The van der Waals surface area contributed by atoms with Crippen LogP contribution in [0, 0.1) is 5.92 Å². The maximum absolute atomic E-state index is 2.41. The van der Waals surface area contributed by atoms with Crippen LogP contribution in [-0.4, -0.2) is 7.85 Å². The lowest BCUT2D eigenvalue weighted by atomic mass is 9.97. The van der Waals surface area contributed by atoms with E-state index in [0.717, 1.165) is 5.92 Å². The first kappa shape index (κ1) is 17.1. The summed E-state index contributed by atoms with van der Waals surface area (Å²) in [6, 6.07) is 0. The molecule has 0 aromatic rings. The molecule has 0 saturated heterocycles. The molecular formula is C16H35B. The van der Waals surface area contributed by atoms with Gasteiger partial charge in [-0.05, 0) is 5.92 Å². The average Bonchev–Trinajstić information content (AvgIpc) is 2.32. The molecule has 0 heterocycles. The Bertz CT molecular complexity index is 133. The fourth-order valence-corrected chi connectivity index (χ4v) is 2.62. The van der Waals surface area contributed by atoms with Crippen LogP contribution in [0.5, 0.6) is 0 Å². The van der Waals surface area contributed by atoms with Gasteiger partial charge in [0.2, 0.25) is 0 Å². The molecule has 1 unspecified atom stereocenters. The molecule has 0 aromatic carbocycles. The highest BCUT2D eigenvalue weighted by molar-refractivity contribution is 6.08. The summed E-state index contributed by atoms with van der Waals surface area (Å²) in [5, 5.41) is 0. The average molecular weight is 238 g/mol. The molecule has 1 atom stereocenters. The summed E-state index contributed by atoms with van der Waals surface area (Å²) in [7, 11) is 2.29. The third-order valence-corrected chi connectivity index (χ3v) is 3.83. The summed E-state index contributed by atoms with van der Waals surface area (Å²) in [6.45, 7) is 4.71. The predicted molar refractivity (Wildman–Crippen MR) is 83.6 cm³/mol. The van der Waals surface area contributed by atoms with E-state index in [4.69, 9.17) is 0 Å². The van der Waals surface area contributed by atoms with Crippen LogP contribution < -0.4 is 0 Å². The van der Waals surface area contributed by atoms with Crippen molar-refractivity contribution in [2.75, 3.05) is 0 Å². The minimum atomic E-state index is 0.967. The molecule has 0 spiro atoms. The van der Waals surface area contributed by atoms with Gasteiger partial charge in [0, 0.05) is 0 Å². The van der Waals surface area contributed by atoms with E-state index in [0.29, 0.717) is 0 Å². The number of hydrogen-bond donors (Lipinski definition) is 0. The maximum atomic E-state index is 2.41. The van der Waals surface area contributed by atoms with Gasteiger partial charge in [-0.15, -0.1) is 0 Å². The Morgan fingerprint density at radius 3 is 1.65 bits per heavy atom. The first-order valence-corrected chi connectivity index (χ1v) is 8.31. The summed E-state index contributed by atoms with van der Waals surface area (Å²) >= 11 is 0. The molecule has 0 bridgehead atoms. The molecule has 0 aromatic heterocycles. The van der Waals surface area contributed by atoms with Gasteiger partial charge in [-0.3, -0.25) is 0 Å². The van der Waals surface area contributed by atoms with Crippen LogP contribution in [0.1, 0.15) is 90.9 Å². The van der Waals surface area contributed by atoms with E-state index < -0.39 is 0 Å². The van der Waals surface area contributed by atoms with Gasteiger partial charge in [0.1, 0.15) is 7.85 Å². The molecule has 17 heavy (non-hydrogen) atoms. The van der Waals surface area contributed by atoms with Crippen LogP contribution in [0.4, 0.5) is 0 Å². The van der Waals surface area contributed by atoms with Gasteiger partial charge in [-0.25, -0.2) is 0 Å². The van der Waals surface area contributed by atoms with E-state index in [1.165, 1.54) is 83.4 Å². The van der Waals surface area contributed by atoms with Gasteiger partial charge < -0.3 is 0 Å².